The maximum Gasteiger partial charge on any atom is 0.202 e. The fraction of sp³-hybridized carbons (Fsp3) is 0.0667. The number of aromatic hydroxyl groups is 2. The zero-order valence-electron chi connectivity index (χ0n) is 11.3. The number of halogens is 4. The van der Waals surface area contributed by atoms with Gasteiger partial charge in [-0.1, -0.05) is 0 Å². The van der Waals surface area contributed by atoms with Crippen LogP contribution < -0.4 is 0 Å². The van der Waals surface area contributed by atoms with E-state index in [1.54, 1.807) is 6.92 Å². The van der Waals surface area contributed by atoms with Crippen LogP contribution in [0.2, 0.25) is 0 Å². The summed E-state index contributed by atoms with van der Waals surface area (Å²) in [6, 6.07) is 1.50. The van der Waals surface area contributed by atoms with Crippen LogP contribution in [0.25, 0.3) is 0 Å². The number of phenolic OH excluding ortho intramolecular Hbond substituents is 2. The first-order valence-corrected chi connectivity index (χ1v) is 9.36. The smallest absolute Gasteiger partial charge is 0.202 e. The predicted molar refractivity (Wildman–Crippen MR) is 98.6 cm³/mol. The molecule has 0 saturated carbocycles. The van der Waals surface area contributed by atoms with Gasteiger partial charge in [0.25, 0.3) is 0 Å². The molecule has 2 N–H and O–H groups in total. The standard InChI is InChI=1S/C15H6Br4O4/c1-3-10(18)7-9(15(23)11(3)19)14(22)8-6(13(7)21)4(16)2-5(17)12(8)20/h2,20,23H,1H3. The lowest BCUT2D eigenvalue weighted by molar-refractivity contribution is 0.0972. The molecule has 23 heavy (non-hydrogen) atoms. The Kier molecular flexibility index (Phi) is 4.23. The lowest BCUT2D eigenvalue weighted by Crippen LogP contribution is -2.23. The number of carbonyl (C=O) groups excluding carboxylic acids is 2. The van der Waals surface area contributed by atoms with Crippen molar-refractivity contribution in [1.29, 1.82) is 0 Å². The van der Waals surface area contributed by atoms with Gasteiger partial charge in [-0.2, -0.15) is 0 Å². The average Bonchev–Trinajstić information content (AvgIpc) is 2.49. The van der Waals surface area contributed by atoms with Crippen LogP contribution in [0.1, 0.15) is 37.4 Å². The van der Waals surface area contributed by atoms with Crippen molar-refractivity contribution < 1.29 is 19.8 Å². The first-order valence-electron chi connectivity index (χ1n) is 6.19. The van der Waals surface area contributed by atoms with Crippen LogP contribution in [0.15, 0.2) is 24.0 Å². The second-order valence-electron chi connectivity index (χ2n) is 4.95. The van der Waals surface area contributed by atoms with Crippen molar-refractivity contribution in [3.63, 3.8) is 0 Å². The Morgan fingerprint density at radius 2 is 1.26 bits per heavy atom. The van der Waals surface area contributed by atoms with Crippen molar-refractivity contribution in [3.05, 3.63) is 51.8 Å². The molecule has 0 fully saturated rings. The third-order valence-corrected chi connectivity index (χ3v) is 6.88. The van der Waals surface area contributed by atoms with Crippen LogP contribution in [0.3, 0.4) is 0 Å². The van der Waals surface area contributed by atoms with E-state index in [0.29, 0.717) is 19.0 Å². The quantitative estimate of drug-likeness (QED) is 0.389. The summed E-state index contributed by atoms with van der Waals surface area (Å²) in [7, 11) is 0. The normalized spacial score (nSPS) is 13.1. The number of fused-ring (bicyclic) bond motifs is 2. The number of benzene rings is 2. The van der Waals surface area contributed by atoms with Crippen molar-refractivity contribution in [3.8, 4) is 11.5 Å². The van der Waals surface area contributed by atoms with Crippen molar-refractivity contribution in [2.24, 2.45) is 0 Å². The fourth-order valence-corrected chi connectivity index (χ4v) is 5.12. The highest BCUT2D eigenvalue weighted by Crippen LogP contribution is 2.48. The van der Waals surface area contributed by atoms with Gasteiger partial charge >= 0.3 is 0 Å². The molecule has 1 aliphatic rings. The molecule has 4 nitrogen and oxygen atoms in total. The molecule has 0 radical (unpaired) electrons. The molecule has 1 aliphatic carbocycles. The topological polar surface area (TPSA) is 74.6 Å². The Hall–Kier alpha value is -0.700. The fourth-order valence-electron chi connectivity index (χ4n) is 2.54. The van der Waals surface area contributed by atoms with E-state index in [-0.39, 0.29) is 38.2 Å². The number of hydrogen-bond acceptors (Lipinski definition) is 4. The van der Waals surface area contributed by atoms with E-state index in [2.05, 4.69) is 63.7 Å². The summed E-state index contributed by atoms with van der Waals surface area (Å²) in [6.45, 7) is 1.70. The van der Waals surface area contributed by atoms with Gasteiger partial charge in [-0.15, -0.1) is 0 Å². The minimum absolute atomic E-state index is 0.0741. The van der Waals surface area contributed by atoms with Crippen LogP contribution in [0.4, 0.5) is 0 Å². The summed E-state index contributed by atoms with van der Waals surface area (Å²) in [5.41, 5.74) is 0.491. The molecule has 3 rings (SSSR count). The van der Waals surface area contributed by atoms with E-state index in [0.717, 1.165) is 0 Å². The second kappa shape index (κ2) is 5.68. The molecule has 8 heteroatoms. The van der Waals surface area contributed by atoms with Crippen LogP contribution >= 0.6 is 63.7 Å². The van der Waals surface area contributed by atoms with Gasteiger partial charge in [-0.05, 0) is 82.3 Å². The van der Waals surface area contributed by atoms with Gasteiger partial charge in [0, 0.05) is 8.95 Å². The third kappa shape index (κ3) is 2.26. The van der Waals surface area contributed by atoms with Gasteiger partial charge in [0.2, 0.25) is 5.78 Å². The number of rotatable bonds is 0. The number of phenols is 2. The lowest BCUT2D eigenvalue weighted by Gasteiger charge is -2.23. The lowest BCUT2D eigenvalue weighted by atomic mass is 9.82. The Bertz CT molecular complexity index is 934. The molecule has 0 aromatic heterocycles. The molecule has 0 atom stereocenters. The number of carbonyl (C=O) groups is 2. The Balaban J connectivity index is 2.51. The molecule has 2 aromatic rings. The van der Waals surface area contributed by atoms with Crippen molar-refractivity contribution in [2.45, 2.75) is 6.92 Å². The van der Waals surface area contributed by atoms with Crippen LogP contribution in [-0.2, 0) is 0 Å². The SMILES string of the molecule is Cc1c(Br)c(O)c2c(c1Br)C(=O)c1c(Br)cc(Br)c(O)c1C2=O. The summed E-state index contributed by atoms with van der Waals surface area (Å²) < 4.78 is 1.40. The van der Waals surface area contributed by atoms with E-state index < -0.39 is 11.6 Å². The van der Waals surface area contributed by atoms with Gasteiger partial charge in [-0.25, -0.2) is 0 Å². The van der Waals surface area contributed by atoms with Crippen molar-refractivity contribution >= 4 is 75.3 Å². The van der Waals surface area contributed by atoms with E-state index in [1.807, 2.05) is 0 Å². The van der Waals surface area contributed by atoms with E-state index in [9.17, 15) is 19.8 Å². The molecule has 0 aliphatic heterocycles. The Labute approximate surface area is 164 Å². The molecule has 0 amide bonds. The maximum atomic E-state index is 12.9. The zero-order chi connectivity index (χ0) is 17.2. The van der Waals surface area contributed by atoms with Gasteiger partial charge in [0.1, 0.15) is 11.5 Å². The average molecular weight is 570 g/mol. The monoisotopic (exact) mass is 566 g/mol. The van der Waals surface area contributed by atoms with E-state index >= 15 is 0 Å². The molecular weight excluding hydrogens is 564 g/mol. The summed E-state index contributed by atoms with van der Waals surface area (Å²) >= 11 is 13.0. The molecule has 0 heterocycles. The number of ketones is 2. The molecule has 0 spiro atoms. The minimum atomic E-state index is -0.618. The molecular formula is C15H6Br4O4. The second-order valence-corrected chi connectivity index (χ2v) is 8.24. The van der Waals surface area contributed by atoms with Gasteiger partial charge in [-0.3, -0.25) is 9.59 Å². The van der Waals surface area contributed by atoms with Crippen molar-refractivity contribution in [1.82, 2.24) is 0 Å². The highest BCUT2D eigenvalue weighted by atomic mass is 79.9. The van der Waals surface area contributed by atoms with Crippen LogP contribution in [0, 0.1) is 6.92 Å². The van der Waals surface area contributed by atoms with Gasteiger partial charge < -0.3 is 10.2 Å². The summed E-state index contributed by atoms with van der Waals surface area (Å²) in [5.74, 6) is -1.73. The largest absolute Gasteiger partial charge is 0.506 e. The summed E-state index contributed by atoms with van der Waals surface area (Å²) in [4.78, 5) is 25.8. The summed E-state index contributed by atoms with van der Waals surface area (Å²) in [6.07, 6.45) is 0. The van der Waals surface area contributed by atoms with E-state index in [1.165, 1.54) is 6.07 Å². The third-order valence-electron chi connectivity index (χ3n) is 3.69. The van der Waals surface area contributed by atoms with Crippen LogP contribution in [0.5, 0.6) is 11.5 Å². The molecule has 0 unspecified atom stereocenters. The highest BCUT2D eigenvalue weighted by molar-refractivity contribution is 9.11. The van der Waals surface area contributed by atoms with Gasteiger partial charge in [0.05, 0.1) is 31.2 Å². The van der Waals surface area contributed by atoms with E-state index in [4.69, 9.17) is 0 Å². The summed E-state index contributed by atoms with van der Waals surface area (Å²) in [5, 5.41) is 20.6. The van der Waals surface area contributed by atoms with Gasteiger partial charge in [0.15, 0.2) is 5.78 Å². The molecule has 0 saturated heterocycles. The number of hydrogen-bond donors (Lipinski definition) is 2. The maximum absolute atomic E-state index is 12.9. The first-order chi connectivity index (χ1) is 10.7. The Morgan fingerprint density at radius 1 is 0.739 bits per heavy atom. The molecule has 0 bridgehead atoms. The predicted octanol–water partition coefficient (Wildman–Crippen LogP) is 5.23. The molecule has 2 aromatic carbocycles. The molecule has 118 valence electrons. The Morgan fingerprint density at radius 3 is 1.87 bits per heavy atom. The van der Waals surface area contributed by atoms with Crippen LogP contribution in [-0.4, -0.2) is 21.8 Å². The highest BCUT2D eigenvalue weighted by Gasteiger charge is 2.39. The minimum Gasteiger partial charge on any atom is -0.506 e. The van der Waals surface area contributed by atoms with Crippen molar-refractivity contribution in [2.75, 3.05) is 0 Å². The first kappa shape index (κ1) is 17.1. The zero-order valence-corrected chi connectivity index (χ0v) is 17.6.